The molecule has 1 aromatic rings. The summed E-state index contributed by atoms with van der Waals surface area (Å²) in [6, 6.07) is 0.601. The first kappa shape index (κ1) is 14.5. The second kappa shape index (κ2) is 7.72. The number of aromatic nitrogens is 2. The highest BCUT2D eigenvalue weighted by Crippen LogP contribution is 2.14. The van der Waals surface area contributed by atoms with Gasteiger partial charge in [-0.2, -0.15) is 5.10 Å². The molecule has 0 spiro atoms. The predicted octanol–water partition coefficient (Wildman–Crippen LogP) is 3.40. The Morgan fingerprint density at radius 1 is 1.29 bits per heavy atom. The number of hydrogen-bond donors (Lipinski definition) is 1. The molecule has 0 aliphatic carbocycles. The van der Waals surface area contributed by atoms with Crippen LogP contribution in [0.3, 0.4) is 0 Å². The lowest BCUT2D eigenvalue weighted by atomic mass is 10.2. The van der Waals surface area contributed by atoms with Crippen LogP contribution in [0, 0.1) is 6.92 Å². The average Bonchev–Trinajstić information content (AvgIpc) is 2.59. The van der Waals surface area contributed by atoms with Crippen molar-refractivity contribution in [3.05, 3.63) is 16.9 Å². The number of aryl methyl sites for hydroxylation is 1. The van der Waals surface area contributed by atoms with Crippen LogP contribution in [-0.4, -0.2) is 22.4 Å². The molecule has 0 atom stereocenters. The van der Waals surface area contributed by atoms with E-state index >= 15 is 0 Å². The highest BCUT2D eigenvalue weighted by atomic mass is 35.5. The van der Waals surface area contributed by atoms with Gasteiger partial charge in [0.1, 0.15) is 0 Å². The number of hydrogen-bond acceptors (Lipinski definition) is 2. The minimum absolute atomic E-state index is 0.601. The van der Waals surface area contributed by atoms with Crippen molar-refractivity contribution >= 4 is 11.6 Å². The highest BCUT2D eigenvalue weighted by molar-refractivity contribution is 6.31. The van der Waals surface area contributed by atoms with Crippen LogP contribution < -0.4 is 5.32 Å². The molecule has 0 unspecified atom stereocenters. The normalized spacial score (nSPS) is 11.4. The van der Waals surface area contributed by atoms with E-state index in [0.29, 0.717) is 6.04 Å². The summed E-state index contributed by atoms with van der Waals surface area (Å²) in [5.74, 6) is 0. The van der Waals surface area contributed by atoms with Gasteiger partial charge in [0.25, 0.3) is 0 Å². The number of unbranched alkanes of at least 4 members (excludes halogenated alkanes) is 3. The molecule has 1 heterocycles. The molecule has 0 saturated heterocycles. The summed E-state index contributed by atoms with van der Waals surface area (Å²) in [5, 5.41) is 8.45. The fourth-order valence-corrected chi connectivity index (χ4v) is 1.92. The van der Waals surface area contributed by atoms with E-state index in [4.69, 9.17) is 11.6 Å². The van der Waals surface area contributed by atoms with Crippen molar-refractivity contribution in [1.29, 1.82) is 0 Å². The first-order valence-electron chi connectivity index (χ1n) is 6.52. The van der Waals surface area contributed by atoms with Gasteiger partial charge in [-0.15, -0.1) is 0 Å². The molecule has 0 amide bonds. The minimum atomic E-state index is 0.601. The molecule has 4 heteroatoms. The Labute approximate surface area is 110 Å². The molecule has 1 aromatic heterocycles. The maximum atomic E-state index is 5.95. The Morgan fingerprint density at radius 3 is 2.59 bits per heavy atom. The molecule has 0 fully saturated rings. The van der Waals surface area contributed by atoms with Crippen LogP contribution in [0.15, 0.2) is 6.20 Å². The van der Waals surface area contributed by atoms with Gasteiger partial charge in [0.05, 0.1) is 16.9 Å². The maximum Gasteiger partial charge on any atom is 0.0814 e. The number of rotatable bonds is 8. The zero-order chi connectivity index (χ0) is 12.7. The van der Waals surface area contributed by atoms with Crippen LogP contribution in [0.2, 0.25) is 5.02 Å². The third kappa shape index (κ3) is 5.55. The Kier molecular flexibility index (Phi) is 6.60. The van der Waals surface area contributed by atoms with E-state index in [0.717, 1.165) is 23.8 Å². The molecule has 3 nitrogen and oxygen atoms in total. The van der Waals surface area contributed by atoms with Gasteiger partial charge in [-0.1, -0.05) is 38.3 Å². The zero-order valence-electron chi connectivity index (χ0n) is 11.2. The fraction of sp³-hybridized carbons (Fsp3) is 0.769. The summed E-state index contributed by atoms with van der Waals surface area (Å²) in [6.45, 7) is 8.50. The van der Waals surface area contributed by atoms with Crippen LogP contribution in [0.1, 0.15) is 45.2 Å². The van der Waals surface area contributed by atoms with E-state index in [-0.39, 0.29) is 0 Å². The monoisotopic (exact) mass is 257 g/mol. The summed E-state index contributed by atoms with van der Waals surface area (Å²) in [5.41, 5.74) is 1.08. The van der Waals surface area contributed by atoms with Crippen molar-refractivity contribution in [3.63, 3.8) is 0 Å². The molecule has 1 rings (SSSR count). The molecule has 0 aromatic carbocycles. The molecule has 0 aliphatic heterocycles. The summed E-state index contributed by atoms with van der Waals surface area (Å²) in [6.07, 6.45) is 6.71. The SMILES string of the molecule is Cc1c(Cl)cnn1CCCCCCNC(C)C. The fourth-order valence-electron chi connectivity index (χ4n) is 1.78. The van der Waals surface area contributed by atoms with Gasteiger partial charge in [0.2, 0.25) is 0 Å². The van der Waals surface area contributed by atoms with Crippen LogP contribution in [-0.2, 0) is 6.54 Å². The van der Waals surface area contributed by atoms with Gasteiger partial charge in [-0.3, -0.25) is 4.68 Å². The average molecular weight is 258 g/mol. The molecular formula is C13H24ClN3. The number of nitrogens with one attached hydrogen (secondary N) is 1. The first-order valence-corrected chi connectivity index (χ1v) is 6.90. The molecule has 0 radical (unpaired) electrons. The molecule has 0 saturated carbocycles. The van der Waals surface area contributed by atoms with Crippen molar-refractivity contribution in [3.8, 4) is 0 Å². The van der Waals surface area contributed by atoms with Crippen molar-refractivity contribution in [2.45, 2.75) is 59.0 Å². The van der Waals surface area contributed by atoms with Crippen LogP contribution in [0.5, 0.6) is 0 Å². The second-order valence-electron chi connectivity index (χ2n) is 4.82. The van der Waals surface area contributed by atoms with Gasteiger partial charge in [0.15, 0.2) is 0 Å². The highest BCUT2D eigenvalue weighted by Gasteiger charge is 2.02. The standard InChI is InChI=1S/C13H24ClN3/c1-11(2)15-8-6-4-5-7-9-17-12(3)13(14)10-16-17/h10-11,15H,4-9H2,1-3H3. The van der Waals surface area contributed by atoms with Crippen LogP contribution >= 0.6 is 11.6 Å². The van der Waals surface area contributed by atoms with E-state index in [1.165, 1.54) is 25.7 Å². The number of halogens is 1. The summed E-state index contributed by atoms with van der Waals surface area (Å²) >= 11 is 5.95. The molecule has 1 N–H and O–H groups in total. The Bertz CT molecular complexity index is 320. The summed E-state index contributed by atoms with van der Waals surface area (Å²) in [7, 11) is 0. The third-order valence-electron chi connectivity index (χ3n) is 2.89. The van der Waals surface area contributed by atoms with Crippen molar-refractivity contribution in [2.24, 2.45) is 0 Å². The van der Waals surface area contributed by atoms with Crippen LogP contribution in [0.4, 0.5) is 0 Å². The lowest BCUT2D eigenvalue weighted by Gasteiger charge is -2.07. The minimum Gasteiger partial charge on any atom is -0.315 e. The molecular weight excluding hydrogens is 234 g/mol. The van der Waals surface area contributed by atoms with E-state index in [1.807, 2.05) is 11.6 Å². The topological polar surface area (TPSA) is 29.9 Å². The smallest absolute Gasteiger partial charge is 0.0814 e. The van der Waals surface area contributed by atoms with Crippen molar-refractivity contribution < 1.29 is 0 Å². The Morgan fingerprint density at radius 2 is 2.00 bits per heavy atom. The summed E-state index contributed by atoms with van der Waals surface area (Å²) in [4.78, 5) is 0. The summed E-state index contributed by atoms with van der Waals surface area (Å²) < 4.78 is 1.99. The van der Waals surface area contributed by atoms with Gasteiger partial charge >= 0.3 is 0 Å². The number of nitrogens with zero attached hydrogens (tertiary/aromatic N) is 2. The largest absolute Gasteiger partial charge is 0.315 e. The Balaban J connectivity index is 2.03. The van der Waals surface area contributed by atoms with E-state index in [2.05, 4.69) is 24.3 Å². The van der Waals surface area contributed by atoms with Crippen LogP contribution in [0.25, 0.3) is 0 Å². The quantitative estimate of drug-likeness (QED) is 0.724. The first-order chi connectivity index (χ1) is 8.11. The molecule has 0 aliphatic rings. The third-order valence-corrected chi connectivity index (χ3v) is 3.26. The predicted molar refractivity (Wildman–Crippen MR) is 73.6 cm³/mol. The molecule has 98 valence electrons. The second-order valence-corrected chi connectivity index (χ2v) is 5.23. The Hall–Kier alpha value is -0.540. The lowest BCUT2D eigenvalue weighted by molar-refractivity contribution is 0.505. The van der Waals surface area contributed by atoms with E-state index in [9.17, 15) is 0 Å². The van der Waals surface area contributed by atoms with E-state index in [1.54, 1.807) is 6.20 Å². The molecule has 0 bridgehead atoms. The maximum absolute atomic E-state index is 5.95. The van der Waals surface area contributed by atoms with Gasteiger partial charge in [0, 0.05) is 12.6 Å². The zero-order valence-corrected chi connectivity index (χ0v) is 11.9. The van der Waals surface area contributed by atoms with Crippen molar-refractivity contribution in [2.75, 3.05) is 6.54 Å². The molecule has 17 heavy (non-hydrogen) atoms. The van der Waals surface area contributed by atoms with Gasteiger partial charge in [-0.05, 0) is 26.3 Å². The van der Waals surface area contributed by atoms with Gasteiger partial charge in [-0.25, -0.2) is 0 Å². The van der Waals surface area contributed by atoms with Gasteiger partial charge < -0.3 is 5.32 Å². The lowest BCUT2D eigenvalue weighted by Crippen LogP contribution is -2.23. The van der Waals surface area contributed by atoms with E-state index < -0.39 is 0 Å². The van der Waals surface area contributed by atoms with Crippen molar-refractivity contribution in [1.82, 2.24) is 15.1 Å².